The van der Waals surface area contributed by atoms with Crippen molar-refractivity contribution in [3.05, 3.63) is 0 Å². The average molecular weight is 158 g/mol. The predicted molar refractivity (Wildman–Crippen MR) is 48.2 cm³/mol. The van der Waals surface area contributed by atoms with E-state index in [9.17, 15) is 0 Å². The van der Waals surface area contributed by atoms with Gasteiger partial charge in [0, 0.05) is 20.9 Å². The Labute approximate surface area is 69.8 Å². The van der Waals surface area contributed by atoms with E-state index in [4.69, 9.17) is 13.6 Å². The SMILES string of the molecule is [2H][C@H]1C(=S)N(C)[C@@H]1C(C)(C)C. The van der Waals surface area contributed by atoms with Gasteiger partial charge in [-0.1, -0.05) is 33.0 Å². The number of nitrogens with zero attached hydrogens (tertiary/aromatic N) is 1. The molecule has 1 fully saturated rings. The molecule has 0 bridgehead atoms. The summed E-state index contributed by atoms with van der Waals surface area (Å²) in [6.45, 7) is 6.45. The van der Waals surface area contributed by atoms with Crippen LogP contribution in [-0.2, 0) is 0 Å². The fourth-order valence-corrected chi connectivity index (χ4v) is 1.49. The molecule has 1 nitrogen and oxygen atoms in total. The molecule has 0 spiro atoms. The van der Waals surface area contributed by atoms with E-state index in [1.165, 1.54) is 0 Å². The summed E-state index contributed by atoms with van der Waals surface area (Å²) in [7, 11) is 1.98. The van der Waals surface area contributed by atoms with Gasteiger partial charge in [0.05, 0.1) is 4.99 Å². The van der Waals surface area contributed by atoms with Crippen molar-refractivity contribution in [2.45, 2.75) is 33.2 Å². The van der Waals surface area contributed by atoms with Crippen LogP contribution >= 0.6 is 12.2 Å². The first-order valence-corrected chi connectivity index (χ1v) is 3.95. The quantitative estimate of drug-likeness (QED) is 0.496. The molecule has 0 aromatic rings. The molecule has 2 atom stereocenters. The van der Waals surface area contributed by atoms with Gasteiger partial charge >= 0.3 is 0 Å². The van der Waals surface area contributed by atoms with Crippen LogP contribution in [-0.4, -0.2) is 23.0 Å². The molecule has 0 amide bonds. The Hall–Kier alpha value is -0.110. The van der Waals surface area contributed by atoms with Gasteiger partial charge in [-0.3, -0.25) is 0 Å². The predicted octanol–water partition coefficient (Wildman–Crippen LogP) is 2.06. The summed E-state index contributed by atoms with van der Waals surface area (Å²) >= 11 is 5.01. The molecule has 0 aromatic carbocycles. The first kappa shape index (κ1) is 6.59. The third kappa shape index (κ3) is 1.17. The maximum atomic E-state index is 7.68. The minimum absolute atomic E-state index is 0.157. The van der Waals surface area contributed by atoms with Crippen molar-refractivity contribution in [2.75, 3.05) is 7.05 Å². The van der Waals surface area contributed by atoms with Crippen molar-refractivity contribution in [2.24, 2.45) is 5.41 Å². The Balaban J connectivity index is 2.70. The minimum Gasteiger partial charge on any atom is -0.365 e. The Morgan fingerprint density at radius 1 is 1.70 bits per heavy atom. The lowest BCUT2D eigenvalue weighted by Gasteiger charge is -2.48. The molecule has 0 unspecified atom stereocenters. The van der Waals surface area contributed by atoms with Crippen LogP contribution in [0.4, 0.5) is 0 Å². The lowest BCUT2D eigenvalue weighted by molar-refractivity contribution is 0.152. The van der Waals surface area contributed by atoms with E-state index in [1.807, 2.05) is 11.9 Å². The monoisotopic (exact) mass is 158 g/mol. The smallest absolute Gasteiger partial charge is 0.0800 e. The molecule has 1 aliphatic rings. The fraction of sp³-hybridized carbons (Fsp3) is 0.875. The summed E-state index contributed by atoms with van der Waals surface area (Å²) in [6, 6.07) is 0.301. The van der Waals surface area contributed by atoms with Gasteiger partial charge in [-0.2, -0.15) is 0 Å². The van der Waals surface area contributed by atoms with Crippen LogP contribution in [0.25, 0.3) is 0 Å². The van der Waals surface area contributed by atoms with E-state index in [1.54, 1.807) is 0 Å². The highest BCUT2D eigenvalue weighted by Crippen LogP contribution is 2.33. The molecule has 10 heavy (non-hydrogen) atoms. The second kappa shape index (κ2) is 2.19. The van der Waals surface area contributed by atoms with E-state index in [2.05, 4.69) is 20.8 Å². The van der Waals surface area contributed by atoms with Gasteiger partial charge in [0.1, 0.15) is 0 Å². The fourth-order valence-electron chi connectivity index (χ4n) is 1.25. The van der Waals surface area contributed by atoms with E-state index >= 15 is 0 Å². The minimum atomic E-state index is -0.157. The van der Waals surface area contributed by atoms with E-state index < -0.39 is 0 Å². The maximum Gasteiger partial charge on any atom is 0.0800 e. The van der Waals surface area contributed by atoms with Crippen molar-refractivity contribution < 1.29 is 1.37 Å². The first-order chi connectivity index (χ1) is 4.85. The van der Waals surface area contributed by atoms with Crippen LogP contribution < -0.4 is 0 Å². The molecule has 1 aliphatic heterocycles. The third-order valence-corrected chi connectivity index (χ3v) is 2.38. The van der Waals surface area contributed by atoms with Crippen LogP contribution in [0.3, 0.4) is 0 Å². The summed E-state index contributed by atoms with van der Waals surface area (Å²) < 4.78 is 7.68. The van der Waals surface area contributed by atoms with E-state index in [0.717, 1.165) is 4.99 Å². The molecule has 0 N–H and O–H groups in total. The molecule has 2 heteroatoms. The lowest BCUT2D eigenvalue weighted by atomic mass is 9.79. The normalized spacial score (nSPS) is 35.4. The number of hydrogen-bond donors (Lipinski definition) is 0. The molecule has 1 saturated heterocycles. The second-order valence-electron chi connectivity index (χ2n) is 3.93. The highest BCUT2D eigenvalue weighted by atomic mass is 32.1. The largest absolute Gasteiger partial charge is 0.365 e. The molecule has 1 heterocycles. The number of thiocarbonyl (C=S) groups is 1. The highest BCUT2D eigenvalue weighted by molar-refractivity contribution is 7.80. The lowest BCUT2D eigenvalue weighted by Crippen LogP contribution is -2.55. The molecular weight excluding hydrogens is 142 g/mol. The Bertz CT molecular complexity index is 173. The van der Waals surface area contributed by atoms with Gasteiger partial charge in [0.15, 0.2) is 0 Å². The zero-order valence-corrected chi connectivity index (χ0v) is 7.83. The number of rotatable bonds is 0. The van der Waals surface area contributed by atoms with Gasteiger partial charge in [0.25, 0.3) is 0 Å². The zero-order chi connectivity index (χ0) is 8.81. The van der Waals surface area contributed by atoms with Crippen LogP contribution in [0, 0.1) is 5.41 Å². The van der Waals surface area contributed by atoms with Gasteiger partial charge < -0.3 is 4.90 Å². The van der Waals surface area contributed by atoms with Crippen LogP contribution in [0.15, 0.2) is 0 Å². The summed E-state index contributed by atoms with van der Waals surface area (Å²) in [5.41, 5.74) is 0.170. The van der Waals surface area contributed by atoms with Crippen molar-refractivity contribution >= 4 is 17.2 Å². The van der Waals surface area contributed by atoms with E-state index in [-0.39, 0.29) is 11.8 Å². The zero-order valence-electron chi connectivity index (χ0n) is 8.01. The van der Waals surface area contributed by atoms with Crippen molar-refractivity contribution in [1.82, 2.24) is 4.90 Å². The van der Waals surface area contributed by atoms with Gasteiger partial charge in [-0.05, 0) is 5.41 Å². The summed E-state index contributed by atoms with van der Waals surface area (Å²) in [4.78, 5) is 2.82. The van der Waals surface area contributed by atoms with Gasteiger partial charge in [-0.15, -0.1) is 0 Å². The van der Waals surface area contributed by atoms with Crippen LogP contribution in [0.5, 0.6) is 0 Å². The maximum absolute atomic E-state index is 7.68. The Kier molecular flexibility index (Phi) is 1.44. The molecule has 0 aromatic heterocycles. The topological polar surface area (TPSA) is 3.24 Å². The Morgan fingerprint density at radius 2 is 2.20 bits per heavy atom. The van der Waals surface area contributed by atoms with Gasteiger partial charge in [0.2, 0.25) is 0 Å². The molecule has 0 saturated carbocycles. The molecule has 58 valence electrons. The third-order valence-electron chi connectivity index (χ3n) is 1.95. The Morgan fingerprint density at radius 3 is 2.40 bits per heavy atom. The van der Waals surface area contributed by atoms with Crippen LogP contribution in [0.2, 0.25) is 0 Å². The molecular formula is C8H15NS. The van der Waals surface area contributed by atoms with Crippen molar-refractivity contribution in [3.8, 4) is 0 Å². The van der Waals surface area contributed by atoms with Crippen molar-refractivity contribution in [3.63, 3.8) is 0 Å². The number of likely N-dealkylation sites (tertiary alicyclic amines) is 1. The molecule has 0 aliphatic carbocycles. The summed E-state index contributed by atoms with van der Waals surface area (Å²) in [5.74, 6) is 0. The van der Waals surface area contributed by atoms with Crippen molar-refractivity contribution in [1.29, 1.82) is 0 Å². The second-order valence-corrected chi connectivity index (χ2v) is 4.34. The first-order valence-electron chi connectivity index (χ1n) is 4.12. The van der Waals surface area contributed by atoms with Crippen LogP contribution in [0.1, 0.15) is 28.5 Å². The summed E-state index contributed by atoms with van der Waals surface area (Å²) in [5, 5.41) is 0. The average Bonchev–Trinajstić information content (AvgIpc) is 1.85. The highest BCUT2D eigenvalue weighted by Gasteiger charge is 2.37. The summed E-state index contributed by atoms with van der Waals surface area (Å²) in [6.07, 6.45) is -0.157. The molecule has 0 radical (unpaired) electrons. The van der Waals surface area contributed by atoms with Gasteiger partial charge in [-0.25, -0.2) is 0 Å². The number of hydrogen-bond acceptors (Lipinski definition) is 1. The molecule has 1 rings (SSSR count). The van der Waals surface area contributed by atoms with E-state index in [0.29, 0.717) is 6.04 Å². The standard InChI is InChI=1S/C8H15NS/c1-8(2,3)6-5-7(10)9(6)4/h6H,5H2,1-4H3/t6-/m0/s1/i5D/t5-,6+/m1.